The van der Waals surface area contributed by atoms with Crippen molar-refractivity contribution in [2.24, 2.45) is 7.05 Å². The highest BCUT2D eigenvalue weighted by Crippen LogP contribution is 2.42. The van der Waals surface area contributed by atoms with Crippen LogP contribution in [0.5, 0.6) is 0 Å². The Morgan fingerprint density at radius 1 is 0.483 bits per heavy atom. The molecule has 5 aromatic heterocycles. The van der Waals surface area contributed by atoms with Gasteiger partial charge in [0.15, 0.2) is 46.5 Å². The molecular formula is C106H130F5N25O7. The molecule has 6 atom stereocenters. The number of benzene rings is 3. The number of hydrogen-bond acceptors (Lipinski definition) is 27. The first-order chi connectivity index (χ1) is 69.2. The van der Waals surface area contributed by atoms with Crippen molar-refractivity contribution < 1.29 is 55.3 Å². The van der Waals surface area contributed by atoms with E-state index in [1.807, 2.05) is 65.1 Å². The van der Waals surface area contributed by atoms with E-state index in [2.05, 4.69) is 181 Å². The van der Waals surface area contributed by atoms with E-state index in [1.54, 1.807) is 60.6 Å². The maximum atomic E-state index is 15.9. The Balaban J connectivity index is 0.000000132. The number of aromatic nitrogens is 6. The number of nitrogens with one attached hydrogen (secondary N) is 9. The van der Waals surface area contributed by atoms with Crippen molar-refractivity contribution in [2.45, 2.75) is 141 Å². The third kappa shape index (κ3) is 22.0. The molecule has 6 unspecified atom stereocenters. The SMILES string of the molecule is C=CC(=C)N1CC(N(C)c2nc(-c3cnn(C)c3)c3c(c2F)CNC3=O)CCC1C.C=CC(=C)N1CCCC(N(CC)c2nc(Nc3ccc(N4CCOCC4)cc3)c3c(c2F)CNC3=O)C1.C=CC(=C)N1CCCC(Nc2nc(Nc3ccc(N4CCN(C5COC5)CC4C)cc3)c3c(c2F)CNC3=O)C1.C=CC(=C)N1CCCC(Nc2nc(Nc3ccc(N4CCOCC4)c(F)c3)c3c(c2F)CNC3=O)C1. The second-order valence-electron chi connectivity index (χ2n) is 38.1. The van der Waals surface area contributed by atoms with E-state index >= 15 is 17.6 Å². The average molecular weight is 1960 g/mol. The molecule has 0 bridgehead atoms. The van der Waals surface area contributed by atoms with E-state index in [0.29, 0.717) is 127 Å². The zero-order chi connectivity index (χ0) is 101. The molecular weight excluding hydrogens is 1830 g/mol. The third-order valence-electron chi connectivity index (χ3n) is 29.1. The summed E-state index contributed by atoms with van der Waals surface area (Å²) in [4.78, 5) is 90.4. The fraction of sp³-hybridized carbons (Fsp3) is 0.425. The standard InChI is InChI=1S/C30H38FN7O2.C28H35FN6O2.C26H30F2N6O2.C22H27FN6O/c1-4-19(2)36-11-5-6-22(16-36)34-29-27(31)25-14-32-30(39)26(25)28(35-29)33-21-7-9-23(10-8-21)38-13-12-37(15-20(38)3)24-17-40-18-24;1-4-19(3)34-12-6-7-22(18-34)35(5-2)27-25(29)23-17-30-28(36)24(23)26(32-27)31-20-8-10-21(11-9-20)33-13-15-37-16-14-33;1-3-16(2)34-8-4-5-18(15-34)31-25-23(28)19-14-29-26(35)22(19)24(32-25)30-17-6-7-21(20(27)13-17)33-9-11-36-12-10-33;1-6-13(2)29-12-16(8-7-14(29)3)28(5)21-19(23)17-10-24-22(30)18(17)20(26-21)15-9-25-27(4)11-15/h4,7-10,20,22,24H,1-2,5-6,11-18H2,3H3,(H,32,39)(H2,33,34,35);4,8-11,22H,1,3,5-7,12-18H2,2H3,(H,30,36)(H,31,32);3,6-7,13,18H,1-2,4-5,8-12,14-15H2,(H,29,35)(H2,30,31,32);6,9,11,14,16H,1-2,7-8,10,12H2,3-5H3,(H,24,30). The summed E-state index contributed by atoms with van der Waals surface area (Å²) in [5.41, 5.74) is 11.7. The summed E-state index contributed by atoms with van der Waals surface area (Å²) in [5, 5.41) is 31.3. The first kappa shape index (κ1) is 100. The van der Waals surface area contributed by atoms with Crippen LogP contribution in [-0.2, 0) is 47.4 Å². The number of allylic oxidation sites excluding steroid dienone is 4. The summed E-state index contributed by atoms with van der Waals surface area (Å²) in [6.07, 6.45) is 17.8. The molecule has 20 rings (SSSR count). The first-order valence-corrected chi connectivity index (χ1v) is 49.5. The van der Waals surface area contributed by atoms with Crippen LogP contribution in [-0.4, -0.2) is 265 Å². The zero-order valence-corrected chi connectivity index (χ0v) is 82.3. The lowest BCUT2D eigenvalue weighted by atomic mass is 9.97. The maximum Gasteiger partial charge on any atom is 0.255 e. The molecule has 8 aromatic rings. The van der Waals surface area contributed by atoms with Crippen LogP contribution in [0.25, 0.3) is 11.3 Å². The number of aryl methyl sites for hydroxylation is 1. The van der Waals surface area contributed by atoms with Gasteiger partial charge in [0.1, 0.15) is 23.3 Å². The van der Waals surface area contributed by atoms with E-state index in [4.69, 9.17) is 19.2 Å². The van der Waals surface area contributed by atoms with E-state index in [9.17, 15) is 23.6 Å². The van der Waals surface area contributed by atoms with Crippen LogP contribution < -0.4 is 72.4 Å². The number of carbonyl (C=O) groups is 4. The van der Waals surface area contributed by atoms with Gasteiger partial charge in [-0.15, -0.1) is 0 Å². The lowest BCUT2D eigenvalue weighted by molar-refractivity contribution is -0.0691. The van der Waals surface area contributed by atoms with Crippen molar-refractivity contribution in [3.8, 4) is 11.3 Å². The predicted molar refractivity (Wildman–Crippen MR) is 551 cm³/mol. The molecule has 9 N–H and O–H groups in total. The average Bonchev–Trinajstić information content (AvgIpc) is 1.66. The predicted octanol–water partition coefficient (Wildman–Crippen LogP) is 14.3. The fourth-order valence-corrected chi connectivity index (χ4v) is 20.9. The molecule has 12 aliphatic rings. The van der Waals surface area contributed by atoms with Gasteiger partial charge in [0.2, 0.25) is 0 Å². The van der Waals surface area contributed by atoms with E-state index in [1.165, 1.54) is 6.07 Å². The molecule has 0 radical (unpaired) electrons. The minimum absolute atomic E-state index is 0.00183. The largest absolute Gasteiger partial charge is 0.378 e. The van der Waals surface area contributed by atoms with Crippen molar-refractivity contribution >= 4 is 98.5 Å². The van der Waals surface area contributed by atoms with Gasteiger partial charge in [0.25, 0.3) is 23.6 Å². The van der Waals surface area contributed by atoms with Crippen LogP contribution in [0.3, 0.4) is 0 Å². The topological polar surface area (TPSA) is 306 Å². The van der Waals surface area contributed by atoms with Gasteiger partial charge in [0.05, 0.1) is 85.5 Å². The van der Waals surface area contributed by atoms with Crippen LogP contribution in [0.2, 0.25) is 0 Å². The number of fused-ring (bicyclic) bond motifs is 4. The van der Waals surface area contributed by atoms with Gasteiger partial charge < -0.3 is 106 Å². The molecule has 12 aliphatic heterocycles. The monoisotopic (exact) mass is 1960 g/mol. The van der Waals surface area contributed by atoms with Gasteiger partial charge in [-0.3, -0.25) is 28.8 Å². The van der Waals surface area contributed by atoms with Crippen LogP contribution >= 0.6 is 0 Å². The summed E-state index contributed by atoms with van der Waals surface area (Å²) in [5.74, 6) is -1.96. The van der Waals surface area contributed by atoms with Crippen LogP contribution in [0.15, 0.2) is 179 Å². The Morgan fingerprint density at radius 3 is 1.45 bits per heavy atom. The number of rotatable bonds is 28. The number of likely N-dealkylation sites (tertiary alicyclic amines) is 4. The summed E-state index contributed by atoms with van der Waals surface area (Å²) in [6.45, 7) is 54.7. The minimum atomic E-state index is -0.553. The molecule has 37 heteroatoms. The summed E-state index contributed by atoms with van der Waals surface area (Å²) in [7, 11) is 3.66. The molecule has 0 saturated carbocycles. The van der Waals surface area contributed by atoms with Gasteiger partial charge in [-0.1, -0.05) is 52.6 Å². The smallest absolute Gasteiger partial charge is 0.255 e. The molecule has 3 aromatic carbocycles. The van der Waals surface area contributed by atoms with Crippen molar-refractivity contribution in [1.82, 2.24) is 75.5 Å². The number of nitrogens with zero attached hydrogens (tertiary/aromatic N) is 16. The van der Waals surface area contributed by atoms with Crippen LogP contribution in [0, 0.1) is 29.1 Å². The lowest BCUT2D eigenvalue weighted by Gasteiger charge is -2.46. The number of amides is 4. The fourth-order valence-electron chi connectivity index (χ4n) is 20.9. The Bertz CT molecular complexity index is 6160. The molecule has 756 valence electrons. The zero-order valence-electron chi connectivity index (χ0n) is 82.3. The molecule has 17 heterocycles. The van der Waals surface area contributed by atoms with Crippen molar-refractivity contribution in [3.63, 3.8) is 0 Å². The third-order valence-corrected chi connectivity index (χ3v) is 29.1. The van der Waals surface area contributed by atoms with Crippen molar-refractivity contribution in [1.29, 1.82) is 0 Å². The van der Waals surface area contributed by atoms with Crippen molar-refractivity contribution in [2.75, 3.05) is 196 Å². The van der Waals surface area contributed by atoms with Gasteiger partial charge in [-0.2, -0.15) is 5.10 Å². The van der Waals surface area contributed by atoms with Crippen LogP contribution in [0.1, 0.15) is 136 Å². The number of hydrogen-bond donors (Lipinski definition) is 9. The molecule has 8 saturated heterocycles. The molecule has 143 heavy (non-hydrogen) atoms. The van der Waals surface area contributed by atoms with Gasteiger partial charge in [-0.05, 0) is 163 Å². The molecule has 8 fully saturated rings. The number of piperidine rings is 4. The van der Waals surface area contributed by atoms with E-state index in [0.717, 1.165) is 182 Å². The number of likely N-dealkylation sites (N-methyl/N-ethyl adjacent to an activating group) is 2. The van der Waals surface area contributed by atoms with Gasteiger partial charge in [-0.25, -0.2) is 41.9 Å². The normalized spacial score (nSPS) is 20.8. The molecule has 4 amide bonds. The Kier molecular flexibility index (Phi) is 31.4. The van der Waals surface area contributed by atoms with E-state index in [-0.39, 0.29) is 119 Å². The number of anilines is 13. The minimum Gasteiger partial charge on any atom is -0.378 e. The quantitative estimate of drug-likeness (QED) is 0.0163. The molecule has 32 nitrogen and oxygen atoms in total. The summed E-state index contributed by atoms with van der Waals surface area (Å²) in [6, 6.07) is 22.3. The van der Waals surface area contributed by atoms with Crippen LogP contribution in [0.4, 0.5) is 96.8 Å². The maximum absolute atomic E-state index is 15.9. The number of piperazine rings is 1. The van der Waals surface area contributed by atoms with Gasteiger partial charge >= 0.3 is 0 Å². The summed E-state index contributed by atoms with van der Waals surface area (Å²) >= 11 is 0. The second-order valence-corrected chi connectivity index (χ2v) is 38.1. The van der Waals surface area contributed by atoms with Gasteiger partial charge in [0, 0.05) is 260 Å². The number of halogens is 5. The summed E-state index contributed by atoms with van der Waals surface area (Å²) < 4.78 is 95.0. The second kappa shape index (κ2) is 44.6. The lowest BCUT2D eigenvalue weighted by Crippen LogP contribution is -2.59. The number of pyridine rings is 4. The Labute approximate surface area is 832 Å². The van der Waals surface area contributed by atoms with Crippen molar-refractivity contribution in [3.05, 3.63) is 252 Å². The Morgan fingerprint density at radius 2 is 0.958 bits per heavy atom. The first-order valence-electron chi connectivity index (χ1n) is 49.5. The molecule has 0 spiro atoms. The van der Waals surface area contributed by atoms with E-state index < -0.39 is 35.0 Å². The number of morpholine rings is 2. The number of ether oxygens (including phenoxy) is 3. The highest BCUT2D eigenvalue weighted by molar-refractivity contribution is 6.06. The Hall–Kier alpha value is -14.0. The number of carbonyl (C=O) groups excluding carboxylic acids is 4. The highest BCUT2D eigenvalue weighted by Gasteiger charge is 2.41. The molecule has 0 aliphatic carbocycles. The highest BCUT2D eigenvalue weighted by atomic mass is 19.1.